The quantitative estimate of drug-likeness (QED) is 0.362. The molecule has 2 aromatic carbocycles. The number of carbonyl (C=O) groups is 1. The molecule has 2 aliphatic rings. The van der Waals surface area contributed by atoms with Gasteiger partial charge >= 0.3 is 12.1 Å². The second-order valence-electron chi connectivity index (χ2n) is 9.86. The van der Waals surface area contributed by atoms with Crippen LogP contribution in [0.4, 0.5) is 18.9 Å². The minimum Gasteiger partial charge on any atom is -0.497 e. The van der Waals surface area contributed by atoms with Gasteiger partial charge in [-0.05, 0) is 80.7 Å². The molecule has 2 saturated heterocycles. The second kappa shape index (κ2) is 12.3. The largest absolute Gasteiger partial charge is 0.497 e. The van der Waals surface area contributed by atoms with Gasteiger partial charge < -0.3 is 29.1 Å². The number of ether oxygens (including phenoxy) is 3. The summed E-state index contributed by atoms with van der Waals surface area (Å²) in [5.41, 5.74) is -0.391. The third kappa shape index (κ3) is 7.11. The molecule has 4 rings (SSSR count). The molecule has 0 bridgehead atoms. The van der Waals surface area contributed by atoms with Crippen molar-refractivity contribution in [3.8, 4) is 11.5 Å². The Hall–Kier alpha value is -2.98. The Morgan fingerprint density at radius 2 is 1.66 bits per heavy atom. The van der Waals surface area contributed by atoms with Gasteiger partial charge in [0.15, 0.2) is 6.23 Å². The van der Waals surface area contributed by atoms with Crippen molar-refractivity contribution in [3.05, 3.63) is 54.1 Å². The summed E-state index contributed by atoms with van der Waals surface area (Å²) >= 11 is 0. The van der Waals surface area contributed by atoms with Gasteiger partial charge in [-0.1, -0.05) is 18.6 Å². The van der Waals surface area contributed by atoms with E-state index in [1.165, 1.54) is 26.4 Å². The number of nitrogens with zero attached hydrogens (tertiary/aromatic N) is 2. The number of hydrogen-bond donors (Lipinski definition) is 1. The van der Waals surface area contributed by atoms with E-state index in [4.69, 9.17) is 14.2 Å². The molecule has 2 aromatic rings. The monoisotopic (exact) mass is 536 g/mol. The number of hydrogen-bond acceptors (Lipinski definition) is 7. The Morgan fingerprint density at radius 3 is 2.29 bits per heavy atom. The number of anilines is 1. The fourth-order valence-corrected chi connectivity index (χ4v) is 5.10. The predicted molar refractivity (Wildman–Crippen MR) is 136 cm³/mol. The van der Waals surface area contributed by atoms with Gasteiger partial charge in [0.05, 0.1) is 19.3 Å². The molecule has 2 fully saturated rings. The minimum atomic E-state index is -5.15. The lowest BCUT2D eigenvalue weighted by molar-refractivity contribution is -0.208. The van der Waals surface area contributed by atoms with E-state index in [1.807, 2.05) is 0 Å². The first-order valence-corrected chi connectivity index (χ1v) is 13.0. The van der Waals surface area contributed by atoms with E-state index in [1.54, 1.807) is 53.4 Å². The van der Waals surface area contributed by atoms with Crippen LogP contribution < -0.4 is 14.4 Å². The number of piperidine rings is 2. The topological polar surface area (TPSA) is 71.5 Å². The highest BCUT2D eigenvalue weighted by molar-refractivity contribution is 5.76. The van der Waals surface area contributed by atoms with Crippen LogP contribution >= 0.6 is 0 Å². The van der Waals surface area contributed by atoms with Crippen LogP contribution in [0.25, 0.3) is 0 Å². The molecule has 10 heteroatoms. The van der Waals surface area contributed by atoms with E-state index in [9.17, 15) is 23.1 Å². The zero-order valence-electron chi connectivity index (χ0n) is 21.6. The van der Waals surface area contributed by atoms with Gasteiger partial charge in [0, 0.05) is 25.2 Å². The fourth-order valence-electron chi connectivity index (χ4n) is 5.10. The normalized spacial score (nSPS) is 22.7. The highest BCUT2D eigenvalue weighted by Crippen LogP contribution is 2.39. The first-order chi connectivity index (χ1) is 18.2. The first-order valence-electron chi connectivity index (χ1n) is 13.0. The number of methoxy groups -OCH3 is 1. The van der Waals surface area contributed by atoms with Gasteiger partial charge in [-0.15, -0.1) is 0 Å². The average Bonchev–Trinajstić information content (AvgIpc) is 2.92. The number of aliphatic hydroxyl groups is 1. The Labute approximate surface area is 221 Å². The van der Waals surface area contributed by atoms with Gasteiger partial charge in [-0.3, -0.25) is 0 Å². The molecule has 0 radical (unpaired) electrons. The molecule has 1 N–H and O–H groups in total. The summed E-state index contributed by atoms with van der Waals surface area (Å²) in [5.74, 6) is -1.05. The highest BCUT2D eigenvalue weighted by atomic mass is 19.4. The van der Waals surface area contributed by atoms with Crippen LogP contribution in [0.3, 0.4) is 0 Å². The minimum absolute atomic E-state index is 0.175. The second-order valence-corrected chi connectivity index (χ2v) is 9.86. The van der Waals surface area contributed by atoms with E-state index >= 15 is 0 Å². The summed E-state index contributed by atoms with van der Waals surface area (Å²) < 4.78 is 55.1. The molecular formula is C28H35F3N2O5. The highest BCUT2D eigenvalue weighted by Gasteiger charge is 2.47. The maximum absolute atomic E-state index is 13.1. The van der Waals surface area contributed by atoms with Crippen molar-refractivity contribution in [2.45, 2.75) is 56.5 Å². The van der Waals surface area contributed by atoms with Crippen LogP contribution in [0.15, 0.2) is 48.5 Å². The summed E-state index contributed by atoms with van der Waals surface area (Å²) in [5, 5.41) is 11.4. The van der Waals surface area contributed by atoms with Gasteiger partial charge in [0.25, 0.3) is 0 Å². The number of halogens is 3. The summed E-state index contributed by atoms with van der Waals surface area (Å²) in [6.45, 7) is 4.01. The van der Waals surface area contributed by atoms with Crippen LogP contribution in [-0.4, -0.2) is 68.3 Å². The third-order valence-corrected chi connectivity index (χ3v) is 7.23. The van der Waals surface area contributed by atoms with Crippen molar-refractivity contribution in [2.75, 3.05) is 44.8 Å². The van der Waals surface area contributed by atoms with Gasteiger partial charge in [-0.25, -0.2) is 4.79 Å². The summed E-state index contributed by atoms with van der Waals surface area (Å²) in [7, 11) is 1.51. The van der Waals surface area contributed by atoms with E-state index in [-0.39, 0.29) is 19.4 Å². The molecule has 38 heavy (non-hydrogen) atoms. The average molecular weight is 537 g/mol. The Morgan fingerprint density at radius 1 is 1.00 bits per heavy atom. The lowest BCUT2D eigenvalue weighted by Gasteiger charge is -2.44. The van der Waals surface area contributed by atoms with Gasteiger partial charge in [-0.2, -0.15) is 13.2 Å². The van der Waals surface area contributed by atoms with Crippen LogP contribution in [0, 0.1) is 0 Å². The Kier molecular flexibility index (Phi) is 9.04. The Balaban J connectivity index is 1.42. The van der Waals surface area contributed by atoms with E-state index < -0.39 is 24.0 Å². The number of benzene rings is 2. The summed E-state index contributed by atoms with van der Waals surface area (Å²) in [4.78, 5) is 15.8. The molecule has 2 atom stereocenters. The molecule has 2 unspecified atom stereocenters. The fraction of sp³-hybridized carbons (Fsp3) is 0.536. The summed E-state index contributed by atoms with van der Waals surface area (Å²) in [6.07, 6.45) is -1.76. The van der Waals surface area contributed by atoms with E-state index in [0.29, 0.717) is 29.4 Å². The van der Waals surface area contributed by atoms with Crippen molar-refractivity contribution in [3.63, 3.8) is 0 Å². The van der Waals surface area contributed by atoms with Crippen molar-refractivity contribution in [1.29, 1.82) is 0 Å². The van der Waals surface area contributed by atoms with Gasteiger partial charge in [0.1, 0.15) is 11.5 Å². The molecule has 0 spiro atoms. The molecule has 0 saturated carbocycles. The van der Waals surface area contributed by atoms with Gasteiger partial charge in [0.2, 0.25) is 0 Å². The molecule has 7 nitrogen and oxygen atoms in total. The van der Waals surface area contributed by atoms with E-state index in [0.717, 1.165) is 26.1 Å². The number of esters is 1. The maximum Gasteiger partial charge on any atom is 0.491 e. The maximum atomic E-state index is 13.1. The van der Waals surface area contributed by atoms with Crippen LogP contribution in [0.5, 0.6) is 11.5 Å². The van der Waals surface area contributed by atoms with E-state index in [2.05, 4.69) is 4.90 Å². The predicted octanol–water partition coefficient (Wildman–Crippen LogP) is 4.87. The zero-order valence-corrected chi connectivity index (χ0v) is 21.6. The molecule has 2 aliphatic heterocycles. The van der Waals surface area contributed by atoms with Crippen LogP contribution in [0.2, 0.25) is 0 Å². The molecule has 0 amide bonds. The van der Waals surface area contributed by atoms with Crippen LogP contribution in [-0.2, 0) is 15.1 Å². The molecule has 208 valence electrons. The molecular weight excluding hydrogens is 501 g/mol. The lowest BCUT2D eigenvalue weighted by atomic mass is 9.83. The van der Waals surface area contributed by atoms with Crippen molar-refractivity contribution >= 4 is 11.7 Å². The summed E-state index contributed by atoms with van der Waals surface area (Å²) in [6, 6.07) is 13.6. The van der Waals surface area contributed by atoms with Crippen molar-refractivity contribution < 1.29 is 37.3 Å². The third-order valence-electron chi connectivity index (χ3n) is 7.23. The Bertz CT molecular complexity index is 1040. The first kappa shape index (κ1) is 28.0. The van der Waals surface area contributed by atoms with Crippen LogP contribution in [0.1, 0.15) is 44.1 Å². The zero-order chi connectivity index (χ0) is 27.2. The number of carbonyl (C=O) groups excluding carboxylic acids is 1. The smallest absolute Gasteiger partial charge is 0.491 e. The molecule has 0 aromatic heterocycles. The number of rotatable bonds is 9. The standard InChI is InChI=1S/C28H35F3N2O5/c1-36-23-10-6-21(7-11-23)27(35)14-18-33(25(20-27)38-26(34)28(29,30)31)22-8-12-24(13-9-22)37-19-5-17-32-15-3-2-4-16-32/h6-13,25,35H,2-5,14-20H2,1H3. The molecule has 0 aliphatic carbocycles. The number of likely N-dealkylation sites (tertiary alicyclic amines) is 1. The lowest BCUT2D eigenvalue weighted by Crippen LogP contribution is -2.52. The SMILES string of the molecule is COc1ccc(C2(O)CCN(c3ccc(OCCCN4CCCCC4)cc3)C(OC(=O)C(F)(F)F)C2)cc1. The number of alkyl halides is 3. The van der Waals surface area contributed by atoms with Crippen molar-refractivity contribution in [1.82, 2.24) is 4.90 Å². The molecule has 2 heterocycles. The van der Waals surface area contributed by atoms with Crippen molar-refractivity contribution in [2.24, 2.45) is 0 Å².